The Morgan fingerprint density at radius 1 is 0.871 bits per heavy atom. The van der Waals surface area contributed by atoms with Crippen molar-refractivity contribution < 1.29 is 46.2 Å². The highest BCUT2D eigenvalue weighted by Crippen LogP contribution is 2.43. The van der Waals surface area contributed by atoms with E-state index >= 15 is 0 Å². The summed E-state index contributed by atoms with van der Waals surface area (Å²) < 4.78 is 63.6. The largest absolute Gasteiger partial charge is 0.524 e. The van der Waals surface area contributed by atoms with Gasteiger partial charge >= 0.3 is 7.82 Å². The molecule has 0 bridgehead atoms. The lowest BCUT2D eigenvalue weighted by Crippen LogP contribution is -2.09. The van der Waals surface area contributed by atoms with Gasteiger partial charge in [-0.2, -0.15) is 0 Å². The average molecular weight is 475 g/mol. The van der Waals surface area contributed by atoms with E-state index in [0.29, 0.717) is 22.8 Å². The lowest BCUT2D eigenvalue weighted by atomic mass is 10.1. The molecule has 0 amide bonds. The van der Waals surface area contributed by atoms with E-state index in [1.165, 1.54) is 46.6 Å². The topological polar surface area (TPSA) is 150 Å². The van der Waals surface area contributed by atoms with Gasteiger partial charge in [0.1, 0.15) is 17.2 Å². The number of ether oxygens (including phenoxy) is 4. The van der Waals surface area contributed by atoms with Crippen LogP contribution in [0.1, 0.15) is 5.56 Å². The number of sulfonamides is 1. The normalized spacial score (nSPS) is 11.8. The molecule has 0 atom stereocenters. The number of hydrogen-bond acceptors (Lipinski definition) is 8. The number of nitrogens with one attached hydrogen (secondary N) is 1. The maximum absolute atomic E-state index is 12.5. The first kappa shape index (κ1) is 24.4. The van der Waals surface area contributed by atoms with Crippen LogP contribution in [0.15, 0.2) is 35.7 Å². The molecule has 0 radical (unpaired) electrons. The minimum atomic E-state index is -4.89. The number of methoxy groups -OCH3 is 4. The van der Waals surface area contributed by atoms with Crippen molar-refractivity contribution in [3.05, 3.63) is 41.3 Å². The summed E-state index contributed by atoms with van der Waals surface area (Å²) in [6.45, 7) is 0. The highest BCUT2D eigenvalue weighted by atomic mass is 32.2. The molecule has 0 aliphatic heterocycles. The third kappa shape index (κ3) is 6.79. The van der Waals surface area contributed by atoms with Crippen LogP contribution in [0.3, 0.4) is 0 Å². The zero-order valence-electron chi connectivity index (χ0n) is 17.1. The standard InChI is InChI=1S/C18H22NO10PS/c1-25-13-10-16(27-3)14(17(11-13)28-4)7-8-31(23,24)19-12-5-6-15(26-2)18(9-12)29-30(20,21)22/h5-11,19H,1-4H3,(H2,20,21,22)/b8-7+. The molecule has 2 rings (SSSR count). The van der Waals surface area contributed by atoms with Crippen LogP contribution in [0, 0.1) is 0 Å². The van der Waals surface area contributed by atoms with Crippen molar-refractivity contribution in [2.75, 3.05) is 33.2 Å². The molecule has 11 nitrogen and oxygen atoms in total. The van der Waals surface area contributed by atoms with Crippen molar-refractivity contribution >= 4 is 29.6 Å². The molecule has 0 unspecified atom stereocenters. The Labute approximate surface area is 179 Å². The number of anilines is 1. The Bertz CT molecular complexity index is 1090. The van der Waals surface area contributed by atoms with Gasteiger partial charge in [-0.3, -0.25) is 14.5 Å². The van der Waals surface area contributed by atoms with E-state index in [1.54, 1.807) is 12.1 Å². The zero-order valence-corrected chi connectivity index (χ0v) is 18.8. The number of rotatable bonds is 10. The van der Waals surface area contributed by atoms with Crippen molar-refractivity contribution in [2.24, 2.45) is 0 Å². The van der Waals surface area contributed by atoms with Gasteiger partial charge in [-0.25, -0.2) is 13.0 Å². The Morgan fingerprint density at radius 2 is 1.45 bits per heavy atom. The van der Waals surface area contributed by atoms with Crippen LogP contribution < -0.4 is 28.2 Å². The van der Waals surface area contributed by atoms with Crippen LogP contribution in [0.5, 0.6) is 28.7 Å². The number of phosphoric acid groups is 1. The second-order valence-electron chi connectivity index (χ2n) is 5.84. The Hall–Kier alpha value is -2.92. The summed E-state index contributed by atoms with van der Waals surface area (Å²) in [4.78, 5) is 18.0. The van der Waals surface area contributed by atoms with Crippen LogP contribution in [0.4, 0.5) is 5.69 Å². The van der Waals surface area contributed by atoms with Gasteiger partial charge in [-0.1, -0.05) is 0 Å². The highest BCUT2D eigenvalue weighted by molar-refractivity contribution is 7.95. The van der Waals surface area contributed by atoms with Gasteiger partial charge in [0, 0.05) is 18.2 Å². The van der Waals surface area contributed by atoms with Crippen molar-refractivity contribution in [3.8, 4) is 28.7 Å². The van der Waals surface area contributed by atoms with E-state index in [1.807, 2.05) is 0 Å². The molecule has 0 saturated heterocycles. The summed E-state index contributed by atoms with van der Waals surface area (Å²) in [5, 5.41) is 0.883. The van der Waals surface area contributed by atoms with Crippen molar-refractivity contribution in [2.45, 2.75) is 0 Å². The Kier molecular flexibility index (Phi) is 7.80. The van der Waals surface area contributed by atoms with Crippen LogP contribution in [-0.4, -0.2) is 46.6 Å². The molecule has 0 aliphatic rings. The van der Waals surface area contributed by atoms with Crippen LogP contribution in [0.25, 0.3) is 6.08 Å². The third-order valence-corrected chi connectivity index (χ3v) is 5.26. The van der Waals surface area contributed by atoms with Crippen molar-refractivity contribution in [1.29, 1.82) is 0 Å². The molecule has 0 saturated carbocycles. The van der Waals surface area contributed by atoms with E-state index in [0.717, 1.165) is 11.5 Å². The first-order valence-corrected chi connectivity index (χ1v) is 11.5. The molecule has 0 fully saturated rings. The van der Waals surface area contributed by atoms with E-state index in [4.69, 9.17) is 28.7 Å². The molecule has 170 valence electrons. The maximum atomic E-state index is 12.5. The fourth-order valence-corrected chi connectivity index (χ4v) is 3.73. The fourth-order valence-electron chi connectivity index (χ4n) is 2.49. The molecule has 0 aromatic heterocycles. The number of benzene rings is 2. The van der Waals surface area contributed by atoms with E-state index in [2.05, 4.69) is 9.25 Å². The first-order chi connectivity index (χ1) is 14.5. The fraction of sp³-hybridized carbons (Fsp3) is 0.222. The number of phosphoric ester groups is 1. The lowest BCUT2D eigenvalue weighted by molar-refractivity contribution is 0.276. The molecule has 0 aliphatic carbocycles. The third-order valence-electron chi connectivity index (χ3n) is 3.81. The Balaban J connectivity index is 2.35. The van der Waals surface area contributed by atoms with E-state index < -0.39 is 17.8 Å². The molecule has 3 N–H and O–H groups in total. The van der Waals surface area contributed by atoms with Crippen LogP contribution in [0.2, 0.25) is 0 Å². The second-order valence-corrected chi connectivity index (χ2v) is 8.57. The molecule has 0 spiro atoms. The highest BCUT2D eigenvalue weighted by Gasteiger charge is 2.20. The van der Waals surface area contributed by atoms with Crippen LogP contribution >= 0.6 is 7.82 Å². The summed E-state index contributed by atoms with van der Waals surface area (Å²) in [5.41, 5.74) is 0.346. The first-order valence-electron chi connectivity index (χ1n) is 8.46. The molecule has 13 heteroatoms. The van der Waals surface area contributed by atoms with Crippen molar-refractivity contribution in [3.63, 3.8) is 0 Å². The molecule has 0 heterocycles. The van der Waals surface area contributed by atoms with Gasteiger partial charge in [0.15, 0.2) is 11.5 Å². The average Bonchev–Trinajstić information content (AvgIpc) is 2.70. The molecule has 2 aromatic rings. The predicted octanol–water partition coefficient (Wildman–Crippen LogP) is 2.61. The maximum Gasteiger partial charge on any atom is 0.524 e. The molecule has 2 aromatic carbocycles. The van der Waals surface area contributed by atoms with Crippen molar-refractivity contribution in [1.82, 2.24) is 0 Å². The van der Waals surface area contributed by atoms with Gasteiger partial charge in [0.25, 0.3) is 10.0 Å². The minimum Gasteiger partial charge on any atom is -0.496 e. The Morgan fingerprint density at radius 3 is 1.94 bits per heavy atom. The monoisotopic (exact) mass is 475 g/mol. The summed E-state index contributed by atoms with van der Waals surface area (Å²) in [6, 6.07) is 6.85. The van der Waals surface area contributed by atoms with Crippen LogP contribution in [-0.2, 0) is 14.6 Å². The van der Waals surface area contributed by atoms with Gasteiger partial charge < -0.3 is 23.5 Å². The van der Waals surface area contributed by atoms with Gasteiger partial charge in [-0.15, -0.1) is 0 Å². The smallest absolute Gasteiger partial charge is 0.496 e. The van der Waals surface area contributed by atoms with Gasteiger partial charge in [0.2, 0.25) is 0 Å². The summed E-state index contributed by atoms with van der Waals surface area (Å²) in [6.07, 6.45) is 1.27. The quantitative estimate of drug-likeness (QED) is 0.438. The second kappa shape index (κ2) is 9.92. The lowest BCUT2D eigenvalue weighted by Gasteiger charge is -2.13. The SMILES string of the molecule is COc1cc(OC)c(/C=C/S(=O)(=O)Nc2ccc(OC)c(OP(=O)(O)O)c2)c(OC)c1. The van der Waals surface area contributed by atoms with E-state index in [9.17, 15) is 13.0 Å². The van der Waals surface area contributed by atoms with Gasteiger partial charge in [0.05, 0.1) is 45.1 Å². The van der Waals surface area contributed by atoms with Gasteiger partial charge in [-0.05, 0) is 18.2 Å². The van der Waals surface area contributed by atoms with E-state index in [-0.39, 0.29) is 17.2 Å². The summed E-state index contributed by atoms with van der Waals surface area (Å²) in [5.74, 6) is 0.782. The number of hydrogen-bond donors (Lipinski definition) is 3. The minimum absolute atomic E-state index is 0.00882. The zero-order chi connectivity index (χ0) is 23.2. The molecular weight excluding hydrogens is 453 g/mol. The predicted molar refractivity (Wildman–Crippen MR) is 113 cm³/mol. The summed E-state index contributed by atoms with van der Waals surface area (Å²) in [7, 11) is -3.36. The summed E-state index contributed by atoms with van der Waals surface area (Å²) >= 11 is 0. The molecule has 31 heavy (non-hydrogen) atoms. The molecular formula is C18H22NO10PS.